The summed E-state index contributed by atoms with van der Waals surface area (Å²) in [5.74, 6) is -0.696. The summed E-state index contributed by atoms with van der Waals surface area (Å²) in [4.78, 5) is 11.8. The summed E-state index contributed by atoms with van der Waals surface area (Å²) in [5.41, 5.74) is 2.80. The Hall–Kier alpha value is -1.35. The standard InChI is InChI=1S/C16H20O3/c1-10-5-11(2)7-12(6-10)8-16(15(17)18)9-13-3-4-14(16)19-13/h5-7,13-14H,3-4,8-9H2,1-2H3,(H,17,18). The van der Waals surface area contributed by atoms with Crippen molar-refractivity contribution >= 4 is 5.97 Å². The molecule has 0 saturated carbocycles. The lowest BCUT2D eigenvalue weighted by Crippen LogP contribution is -2.42. The van der Waals surface area contributed by atoms with E-state index in [1.54, 1.807) is 0 Å². The quantitative estimate of drug-likeness (QED) is 0.909. The maximum atomic E-state index is 11.8. The van der Waals surface area contributed by atoms with E-state index in [1.807, 2.05) is 0 Å². The number of hydrogen-bond donors (Lipinski definition) is 1. The van der Waals surface area contributed by atoms with Gasteiger partial charge in [-0.2, -0.15) is 0 Å². The molecule has 3 atom stereocenters. The van der Waals surface area contributed by atoms with Gasteiger partial charge < -0.3 is 9.84 Å². The molecule has 2 fully saturated rings. The van der Waals surface area contributed by atoms with Crippen LogP contribution in [0.15, 0.2) is 18.2 Å². The Morgan fingerprint density at radius 1 is 1.32 bits per heavy atom. The molecule has 3 heteroatoms. The summed E-state index contributed by atoms with van der Waals surface area (Å²) in [6.45, 7) is 4.11. The number of aliphatic carboxylic acids is 1. The number of carboxylic acid groups (broad SMARTS) is 1. The van der Waals surface area contributed by atoms with Gasteiger partial charge in [-0.25, -0.2) is 0 Å². The molecule has 2 aliphatic heterocycles. The zero-order chi connectivity index (χ0) is 13.6. The number of ether oxygens (including phenoxy) is 1. The van der Waals surface area contributed by atoms with Crippen molar-refractivity contribution in [1.82, 2.24) is 0 Å². The fraction of sp³-hybridized carbons (Fsp3) is 0.562. The number of fused-ring (bicyclic) bond motifs is 2. The fourth-order valence-electron chi connectivity index (χ4n) is 3.82. The molecule has 0 spiro atoms. The molecule has 2 aliphatic rings. The molecule has 2 bridgehead atoms. The summed E-state index contributed by atoms with van der Waals surface area (Å²) >= 11 is 0. The van der Waals surface area contributed by atoms with Crippen molar-refractivity contribution in [1.29, 1.82) is 0 Å². The molecule has 1 aromatic carbocycles. The third-order valence-electron chi connectivity index (χ3n) is 4.54. The first-order valence-electron chi connectivity index (χ1n) is 6.96. The SMILES string of the molecule is Cc1cc(C)cc(CC2(C(=O)O)CC3CCC2O3)c1. The first-order chi connectivity index (χ1) is 8.99. The smallest absolute Gasteiger partial charge is 0.312 e. The molecule has 0 radical (unpaired) electrons. The number of hydrogen-bond acceptors (Lipinski definition) is 2. The topological polar surface area (TPSA) is 46.5 Å². The third-order valence-corrected chi connectivity index (χ3v) is 4.54. The molecular weight excluding hydrogens is 240 g/mol. The Kier molecular flexibility index (Phi) is 2.90. The Morgan fingerprint density at radius 2 is 2.00 bits per heavy atom. The average Bonchev–Trinajstić information content (AvgIpc) is 2.87. The highest BCUT2D eigenvalue weighted by Gasteiger charge is 2.57. The molecule has 3 unspecified atom stereocenters. The highest BCUT2D eigenvalue weighted by Crippen LogP contribution is 2.49. The molecule has 2 saturated heterocycles. The maximum Gasteiger partial charge on any atom is 0.312 e. The lowest BCUT2D eigenvalue weighted by Gasteiger charge is -2.31. The first-order valence-corrected chi connectivity index (χ1v) is 6.96. The molecule has 3 nitrogen and oxygen atoms in total. The highest BCUT2D eigenvalue weighted by atomic mass is 16.5. The van der Waals surface area contributed by atoms with Crippen LogP contribution in [0.25, 0.3) is 0 Å². The molecule has 0 amide bonds. The predicted molar refractivity (Wildman–Crippen MR) is 72.2 cm³/mol. The number of rotatable bonds is 3. The van der Waals surface area contributed by atoms with Crippen molar-refractivity contribution in [3.05, 3.63) is 34.9 Å². The number of carboxylic acids is 1. The molecule has 3 rings (SSSR count). The van der Waals surface area contributed by atoms with Crippen LogP contribution in [0.2, 0.25) is 0 Å². The van der Waals surface area contributed by atoms with Crippen LogP contribution in [-0.2, 0) is 16.0 Å². The molecule has 19 heavy (non-hydrogen) atoms. The van der Waals surface area contributed by atoms with Gasteiger partial charge >= 0.3 is 5.97 Å². The minimum Gasteiger partial charge on any atom is -0.481 e. The zero-order valence-corrected chi connectivity index (χ0v) is 11.5. The van der Waals surface area contributed by atoms with Crippen LogP contribution in [0.5, 0.6) is 0 Å². The predicted octanol–water partition coefficient (Wildman–Crippen LogP) is 2.87. The van der Waals surface area contributed by atoms with E-state index >= 15 is 0 Å². The largest absolute Gasteiger partial charge is 0.481 e. The van der Waals surface area contributed by atoms with Gasteiger partial charge in [0.1, 0.15) is 5.41 Å². The van der Waals surface area contributed by atoms with Crippen LogP contribution in [-0.4, -0.2) is 23.3 Å². The van der Waals surface area contributed by atoms with E-state index in [1.165, 1.54) is 11.1 Å². The van der Waals surface area contributed by atoms with E-state index in [4.69, 9.17) is 4.74 Å². The second-order valence-electron chi connectivity index (χ2n) is 6.16. The monoisotopic (exact) mass is 260 g/mol. The number of benzene rings is 1. The van der Waals surface area contributed by atoms with Crippen molar-refractivity contribution in [2.45, 2.75) is 51.7 Å². The first kappa shape index (κ1) is 12.7. The van der Waals surface area contributed by atoms with Crippen LogP contribution in [0.1, 0.15) is 36.0 Å². The summed E-state index contributed by atoms with van der Waals surface area (Å²) in [6.07, 6.45) is 3.23. The molecule has 102 valence electrons. The Morgan fingerprint density at radius 3 is 2.47 bits per heavy atom. The lowest BCUT2D eigenvalue weighted by molar-refractivity contribution is -0.152. The van der Waals surface area contributed by atoms with Crippen LogP contribution >= 0.6 is 0 Å². The zero-order valence-electron chi connectivity index (χ0n) is 11.5. The van der Waals surface area contributed by atoms with Crippen molar-refractivity contribution in [2.75, 3.05) is 0 Å². The van der Waals surface area contributed by atoms with Crippen LogP contribution < -0.4 is 0 Å². The lowest BCUT2D eigenvalue weighted by atomic mass is 9.70. The summed E-state index contributed by atoms with van der Waals surface area (Å²) < 4.78 is 5.80. The van der Waals surface area contributed by atoms with Crippen molar-refractivity contribution in [3.63, 3.8) is 0 Å². The summed E-state index contributed by atoms with van der Waals surface area (Å²) in [5, 5.41) is 9.71. The van der Waals surface area contributed by atoms with Crippen LogP contribution in [0.4, 0.5) is 0 Å². The van der Waals surface area contributed by atoms with Gasteiger partial charge in [0.05, 0.1) is 12.2 Å². The summed E-state index contributed by atoms with van der Waals surface area (Å²) in [6, 6.07) is 6.32. The van der Waals surface area contributed by atoms with E-state index in [2.05, 4.69) is 32.0 Å². The van der Waals surface area contributed by atoms with Crippen molar-refractivity contribution in [2.24, 2.45) is 5.41 Å². The van der Waals surface area contributed by atoms with E-state index in [0.717, 1.165) is 18.4 Å². The van der Waals surface area contributed by atoms with Gasteiger partial charge in [0.25, 0.3) is 0 Å². The van der Waals surface area contributed by atoms with E-state index in [0.29, 0.717) is 12.8 Å². The van der Waals surface area contributed by atoms with Crippen LogP contribution in [0, 0.1) is 19.3 Å². The molecular formula is C16H20O3. The molecule has 1 N–H and O–H groups in total. The van der Waals surface area contributed by atoms with E-state index < -0.39 is 11.4 Å². The molecule has 0 aliphatic carbocycles. The van der Waals surface area contributed by atoms with Gasteiger partial charge in [-0.05, 0) is 45.1 Å². The second kappa shape index (κ2) is 4.34. The van der Waals surface area contributed by atoms with Gasteiger partial charge in [0, 0.05) is 0 Å². The fourth-order valence-corrected chi connectivity index (χ4v) is 3.82. The Bertz CT molecular complexity index is 502. The molecule has 0 aromatic heterocycles. The van der Waals surface area contributed by atoms with Gasteiger partial charge in [0.2, 0.25) is 0 Å². The number of aryl methyl sites for hydroxylation is 2. The molecule has 1 aromatic rings. The molecule has 2 heterocycles. The third kappa shape index (κ3) is 2.06. The van der Waals surface area contributed by atoms with Gasteiger partial charge in [-0.1, -0.05) is 29.3 Å². The maximum absolute atomic E-state index is 11.8. The van der Waals surface area contributed by atoms with E-state index in [9.17, 15) is 9.90 Å². The van der Waals surface area contributed by atoms with Crippen LogP contribution in [0.3, 0.4) is 0 Å². The van der Waals surface area contributed by atoms with Gasteiger partial charge in [-0.3, -0.25) is 4.79 Å². The van der Waals surface area contributed by atoms with E-state index in [-0.39, 0.29) is 12.2 Å². The minimum atomic E-state index is -0.705. The second-order valence-corrected chi connectivity index (χ2v) is 6.16. The Labute approximate surface area is 113 Å². The number of carbonyl (C=O) groups is 1. The van der Waals surface area contributed by atoms with Gasteiger partial charge in [-0.15, -0.1) is 0 Å². The Balaban J connectivity index is 1.92. The van der Waals surface area contributed by atoms with Gasteiger partial charge in [0.15, 0.2) is 0 Å². The average molecular weight is 260 g/mol. The van der Waals surface area contributed by atoms with Crippen molar-refractivity contribution in [3.8, 4) is 0 Å². The summed E-state index contributed by atoms with van der Waals surface area (Å²) in [7, 11) is 0. The normalized spacial score (nSPS) is 32.7. The minimum absolute atomic E-state index is 0.101. The van der Waals surface area contributed by atoms with Crippen molar-refractivity contribution < 1.29 is 14.6 Å². The highest BCUT2D eigenvalue weighted by molar-refractivity contribution is 5.77.